The van der Waals surface area contributed by atoms with E-state index in [1.165, 1.54) is 31.4 Å². The molecule has 0 spiro atoms. The van der Waals surface area contributed by atoms with Crippen LogP contribution in [0.15, 0.2) is 42.6 Å². The lowest BCUT2D eigenvalue weighted by molar-refractivity contribution is 0.0914. The summed E-state index contributed by atoms with van der Waals surface area (Å²) in [6.45, 7) is 1.24. The van der Waals surface area contributed by atoms with Gasteiger partial charge in [0.25, 0.3) is 5.91 Å². The molecule has 7 nitrogen and oxygen atoms in total. The van der Waals surface area contributed by atoms with Gasteiger partial charge in [0.15, 0.2) is 0 Å². The smallest absolute Gasteiger partial charge is 0.409 e. The minimum absolute atomic E-state index is 0.268. The average molecular weight is 415 g/mol. The first-order chi connectivity index (χ1) is 14.5. The van der Waals surface area contributed by atoms with Crippen LogP contribution in [0, 0.1) is 11.7 Å². The van der Waals surface area contributed by atoms with E-state index in [9.17, 15) is 14.0 Å². The second kappa shape index (κ2) is 10.0. The Labute approximate surface area is 175 Å². The lowest BCUT2D eigenvalue weighted by Gasteiger charge is -2.33. The molecule has 1 atom stereocenters. The average Bonchev–Trinajstić information content (AvgIpc) is 2.79. The van der Waals surface area contributed by atoms with Crippen molar-refractivity contribution < 1.29 is 23.5 Å². The summed E-state index contributed by atoms with van der Waals surface area (Å²) < 4.78 is 23.1. The van der Waals surface area contributed by atoms with Crippen LogP contribution in [0.1, 0.15) is 41.2 Å². The van der Waals surface area contributed by atoms with Crippen molar-refractivity contribution in [1.82, 2.24) is 15.2 Å². The van der Waals surface area contributed by atoms with E-state index in [1.54, 1.807) is 24.3 Å². The number of hydrogen-bond acceptors (Lipinski definition) is 5. The lowest BCUT2D eigenvalue weighted by atomic mass is 9.88. The normalized spacial score (nSPS) is 15.4. The highest BCUT2D eigenvalue weighted by Crippen LogP contribution is 2.29. The van der Waals surface area contributed by atoms with Crippen LogP contribution in [0.5, 0.6) is 5.88 Å². The second-order valence-electron chi connectivity index (χ2n) is 7.30. The van der Waals surface area contributed by atoms with E-state index in [0.717, 1.165) is 18.4 Å². The van der Waals surface area contributed by atoms with Crippen molar-refractivity contribution in [3.8, 4) is 5.88 Å². The van der Waals surface area contributed by atoms with Crippen molar-refractivity contribution in [3.05, 3.63) is 59.5 Å². The number of halogens is 1. The van der Waals surface area contributed by atoms with Crippen LogP contribution in [-0.4, -0.2) is 49.2 Å². The minimum Gasteiger partial charge on any atom is -0.481 e. The summed E-state index contributed by atoms with van der Waals surface area (Å²) in [6.07, 6.45) is 3.73. The highest BCUT2D eigenvalue weighted by Gasteiger charge is 2.27. The van der Waals surface area contributed by atoms with Gasteiger partial charge >= 0.3 is 6.09 Å². The molecule has 1 aromatic carbocycles. The summed E-state index contributed by atoms with van der Waals surface area (Å²) in [6, 6.07) is 8.82. The number of amides is 2. The molecule has 3 rings (SSSR count). The maximum Gasteiger partial charge on any atom is 0.409 e. The highest BCUT2D eigenvalue weighted by molar-refractivity contribution is 5.94. The van der Waals surface area contributed by atoms with Gasteiger partial charge in [-0.2, -0.15) is 0 Å². The molecule has 8 heteroatoms. The molecule has 160 valence electrons. The number of carbonyl (C=O) groups is 2. The number of methoxy groups -OCH3 is 2. The number of benzene rings is 1. The van der Waals surface area contributed by atoms with Gasteiger partial charge in [-0.15, -0.1) is 0 Å². The lowest BCUT2D eigenvalue weighted by Crippen LogP contribution is -2.39. The van der Waals surface area contributed by atoms with Gasteiger partial charge < -0.3 is 19.7 Å². The van der Waals surface area contributed by atoms with Crippen molar-refractivity contribution in [1.29, 1.82) is 0 Å². The molecule has 0 saturated carbocycles. The van der Waals surface area contributed by atoms with E-state index in [4.69, 9.17) is 9.47 Å². The Morgan fingerprint density at radius 2 is 1.87 bits per heavy atom. The number of carbonyl (C=O) groups excluding carboxylic acids is 2. The molecule has 1 aliphatic rings. The molecule has 30 heavy (non-hydrogen) atoms. The van der Waals surface area contributed by atoms with Crippen LogP contribution in [0.4, 0.5) is 9.18 Å². The first-order valence-electron chi connectivity index (χ1n) is 9.89. The topological polar surface area (TPSA) is 80.8 Å². The zero-order valence-electron chi connectivity index (χ0n) is 17.1. The third-order valence-electron chi connectivity index (χ3n) is 5.40. The van der Waals surface area contributed by atoms with Gasteiger partial charge in [-0.25, -0.2) is 14.2 Å². The maximum absolute atomic E-state index is 13.2. The predicted molar refractivity (Wildman–Crippen MR) is 109 cm³/mol. The third kappa shape index (κ3) is 5.46. The Balaban J connectivity index is 1.71. The van der Waals surface area contributed by atoms with Crippen LogP contribution in [0.2, 0.25) is 0 Å². The van der Waals surface area contributed by atoms with E-state index in [1.807, 2.05) is 6.07 Å². The summed E-state index contributed by atoms with van der Waals surface area (Å²) in [4.78, 5) is 30.4. The molecule has 0 aliphatic carbocycles. The molecule has 0 bridgehead atoms. The zero-order valence-corrected chi connectivity index (χ0v) is 17.1. The van der Waals surface area contributed by atoms with Crippen LogP contribution in [0.25, 0.3) is 0 Å². The Bertz CT molecular complexity index is 850. The standard InChI is InChI=1S/C22H26FN3O4/c1-29-20-8-5-17(14-24-20)19(25-21(27)16-3-6-18(23)7-4-16)13-15-9-11-26(12-10-15)22(28)30-2/h3-8,14-15,19H,9-13H2,1-2H3,(H,25,27). The molecule has 1 N–H and O–H groups in total. The fourth-order valence-electron chi connectivity index (χ4n) is 3.65. The summed E-state index contributed by atoms with van der Waals surface area (Å²) in [7, 11) is 2.93. The Hall–Kier alpha value is -3.16. The van der Waals surface area contributed by atoms with Gasteiger partial charge in [0.05, 0.1) is 20.3 Å². The molecule has 1 saturated heterocycles. The fourth-order valence-corrected chi connectivity index (χ4v) is 3.65. The molecule has 2 amide bonds. The van der Waals surface area contributed by atoms with Crippen molar-refractivity contribution in [2.45, 2.75) is 25.3 Å². The van der Waals surface area contributed by atoms with E-state index in [-0.39, 0.29) is 23.9 Å². The molecule has 2 heterocycles. The van der Waals surface area contributed by atoms with Crippen molar-refractivity contribution in [2.75, 3.05) is 27.3 Å². The third-order valence-corrected chi connectivity index (χ3v) is 5.40. The first kappa shape index (κ1) is 21.5. The molecular formula is C22H26FN3O4. The largest absolute Gasteiger partial charge is 0.481 e. The van der Waals surface area contributed by atoms with Crippen LogP contribution >= 0.6 is 0 Å². The fraction of sp³-hybridized carbons (Fsp3) is 0.409. The summed E-state index contributed by atoms with van der Waals surface area (Å²) in [5.41, 5.74) is 1.25. The molecule has 1 fully saturated rings. The number of nitrogens with zero attached hydrogens (tertiary/aromatic N) is 2. The van der Waals surface area contributed by atoms with Crippen LogP contribution in [0.3, 0.4) is 0 Å². The highest BCUT2D eigenvalue weighted by atomic mass is 19.1. The Morgan fingerprint density at radius 1 is 1.17 bits per heavy atom. The molecular weight excluding hydrogens is 389 g/mol. The van der Waals surface area contributed by atoms with Gasteiger partial charge in [-0.1, -0.05) is 6.07 Å². The predicted octanol–water partition coefficient (Wildman–Crippen LogP) is 3.57. The molecule has 0 radical (unpaired) electrons. The summed E-state index contributed by atoms with van der Waals surface area (Å²) in [5, 5.41) is 3.05. The van der Waals surface area contributed by atoms with Gasteiger partial charge in [-0.3, -0.25) is 4.79 Å². The quantitative estimate of drug-likeness (QED) is 0.780. The molecule has 2 aromatic rings. The monoisotopic (exact) mass is 415 g/mol. The minimum atomic E-state index is -0.389. The Morgan fingerprint density at radius 3 is 2.43 bits per heavy atom. The Kier molecular flexibility index (Phi) is 7.21. The van der Waals surface area contributed by atoms with E-state index in [2.05, 4.69) is 10.3 Å². The van der Waals surface area contributed by atoms with Gasteiger partial charge in [0.1, 0.15) is 5.82 Å². The number of ether oxygens (including phenoxy) is 2. The van der Waals surface area contributed by atoms with E-state index < -0.39 is 0 Å². The number of likely N-dealkylation sites (tertiary alicyclic amines) is 1. The van der Waals surface area contributed by atoms with E-state index in [0.29, 0.717) is 36.9 Å². The second-order valence-corrected chi connectivity index (χ2v) is 7.30. The summed E-state index contributed by atoms with van der Waals surface area (Å²) in [5.74, 6) is 0.155. The van der Waals surface area contributed by atoms with Crippen LogP contribution < -0.4 is 10.1 Å². The van der Waals surface area contributed by atoms with Gasteiger partial charge in [-0.05, 0) is 55.0 Å². The first-order valence-corrected chi connectivity index (χ1v) is 9.89. The number of piperidine rings is 1. The van der Waals surface area contributed by atoms with E-state index >= 15 is 0 Å². The number of hydrogen-bond donors (Lipinski definition) is 1. The van der Waals surface area contributed by atoms with Gasteiger partial charge in [0.2, 0.25) is 5.88 Å². The summed E-state index contributed by atoms with van der Waals surface area (Å²) >= 11 is 0. The number of rotatable bonds is 6. The van der Waals surface area contributed by atoms with Crippen LogP contribution in [-0.2, 0) is 4.74 Å². The van der Waals surface area contributed by atoms with Crippen molar-refractivity contribution >= 4 is 12.0 Å². The molecule has 1 unspecified atom stereocenters. The van der Waals surface area contributed by atoms with Crippen molar-refractivity contribution in [3.63, 3.8) is 0 Å². The maximum atomic E-state index is 13.2. The number of nitrogens with one attached hydrogen (secondary N) is 1. The molecule has 1 aliphatic heterocycles. The van der Waals surface area contributed by atoms with Gasteiger partial charge in [0, 0.05) is 30.9 Å². The number of aromatic nitrogens is 1. The number of pyridine rings is 1. The SMILES string of the molecule is COC(=O)N1CCC(CC(NC(=O)c2ccc(F)cc2)c2ccc(OC)nc2)CC1. The molecule has 1 aromatic heterocycles. The zero-order chi connectivity index (χ0) is 21.5. The van der Waals surface area contributed by atoms with Crippen molar-refractivity contribution in [2.24, 2.45) is 5.92 Å².